The van der Waals surface area contributed by atoms with E-state index in [1.165, 1.54) is 70.6 Å². The van der Waals surface area contributed by atoms with E-state index in [4.69, 9.17) is 14.2 Å². The van der Waals surface area contributed by atoms with E-state index >= 15 is 0 Å². The maximum Gasteiger partial charge on any atom is 0.332 e. The number of rotatable bonds is 22. The van der Waals surface area contributed by atoms with E-state index in [2.05, 4.69) is 20.8 Å². The predicted octanol–water partition coefficient (Wildman–Crippen LogP) is 6.62. The summed E-state index contributed by atoms with van der Waals surface area (Å²) in [4.78, 5) is 23.2. The first-order valence-corrected chi connectivity index (χ1v) is 12.5. The number of ether oxygens (including phenoxy) is 3. The average Bonchev–Trinajstić information content (AvgIpc) is 2.74. The van der Waals surface area contributed by atoms with E-state index in [0.29, 0.717) is 19.1 Å². The van der Waals surface area contributed by atoms with Gasteiger partial charge in [0, 0.05) is 0 Å². The maximum absolute atomic E-state index is 11.6. The molecule has 178 valence electrons. The maximum atomic E-state index is 11.6. The molecule has 0 bridgehead atoms. The van der Waals surface area contributed by atoms with Crippen LogP contribution in [0.3, 0.4) is 0 Å². The molecule has 5 heteroatoms. The Labute approximate surface area is 185 Å². The Morgan fingerprint density at radius 1 is 0.600 bits per heavy atom. The summed E-state index contributed by atoms with van der Waals surface area (Å²) in [6.45, 7) is 6.86. The van der Waals surface area contributed by atoms with Crippen LogP contribution < -0.4 is 0 Å². The molecule has 0 saturated carbocycles. The summed E-state index contributed by atoms with van der Waals surface area (Å²) in [6, 6.07) is 0. The van der Waals surface area contributed by atoms with E-state index in [1.807, 2.05) is 0 Å². The summed E-state index contributed by atoms with van der Waals surface area (Å²) in [5.74, 6) is -0.452. The predicted molar refractivity (Wildman–Crippen MR) is 123 cm³/mol. The van der Waals surface area contributed by atoms with Crippen LogP contribution in [0.15, 0.2) is 0 Å². The molecule has 0 radical (unpaired) electrons. The van der Waals surface area contributed by atoms with Crippen LogP contribution in [-0.2, 0) is 23.8 Å². The molecular weight excluding hydrogens is 380 g/mol. The highest BCUT2D eigenvalue weighted by Crippen LogP contribution is 2.12. The molecule has 0 aromatic carbocycles. The Morgan fingerprint density at radius 2 is 1.03 bits per heavy atom. The van der Waals surface area contributed by atoms with Gasteiger partial charge in [-0.15, -0.1) is 0 Å². The molecule has 0 aliphatic carbocycles. The molecule has 30 heavy (non-hydrogen) atoms. The van der Waals surface area contributed by atoms with Gasteiger partial charge >= 0.3 is 11.9 Å². The normalized spacial score (nSPS) is 11.1. The highest BCUT2D eigenvalue weighted by molar-refractivity contribution is 5.73. The van der Waals surface area contributed by atoms with Gasteiger partial charge in [0.15, 0.2) is 0 Å². The van der Waals surface area contributed by atoms with Gasteiger partial charge < -0.3 is 14.2 Å². The molecule has 0 atom stereocenters. The minimum Gasteiger partial charge on any atom is -0.464 e. The lowest BCUT2D eigenvalue weighted by atomic mass is 10.0. The minimum absolute atomic E-state index is 0.196. The average molecular weight is 429 g/mol. The van der Waals surface area contributed by atoms with Gasteiger partial charge in [-0.3, -0.25) is 0 Å². The van der Waals surface area contributed by atoms with Crippen molar-refractivity contribution in [1.82, 2.24) is 0 Å². The van der Waals surface area contributed by atoms with Gasteiger partial charge in [-0.05, 0) is 12.3 Å². The summed E-state index contributed by atoms with van der Waals surface area (Å²) in [5.41, 5.74) is 0. The smallest absolute Gasteiger partial charge is 0.332 e. The molecule has 0 amide bonds. The SMILES string of the molecule is CCCCCCCCCCCCCCCOC(=O)COCC(=O)OCC(CC)CC. The van der Waals surface area contributed by atoms with Crippen molar-refractivity contribution in [1.29, 1.82) is 0 Å². The van der Waals surface area contributed by atoms with E-state index in [-0.39, 0.29) is 13.2 Å². The lowest BCUT2D eigenvalue weighted by Crippen LogP contribution is -2.20. The largest absolute Gasteiger partial charge is 0.464 e. The topological polar surface area (TPSA) is 61.8 Å². The summed E-state index contributed by atoms with van der Waals surface area (Å²) >= 11 is 0. The van der Waals surface area contributed by atoms with Gasteiger partial charge in [0.1, 0.15) is 13.2 Å². The zero-order chi connectivity index (χ0) is 22.3. The van der Waals surface area contributed by atoms with Crippen LogP contribution in [0.1, 0.15) is 117 Å². The zero-order valence-electron chi connectivity index (χ0n) is 20.1. The molecule has 0 unspecified atom stereocenters. The number of hydrogen-bond acceptors (Lipinski definition) is 5. The highest BCUT2D eigenvalue weighted by Gasteiger charge is 2.10. The van der Waals surface area contributed by atoms with Crippen LogP contribution >= 0.6 is 0 Å². The highest BCUT2D eigenvalue weighted by atomic mass is 16.6. The van der Waals surface area contributed by atoms with Crippen molar-refractivity contribution < 1.29 is 23.8 Å². The van der Waals surface area contributed by atoms with E-state index < -0.39 is 11.9 Å². The van der Waals surface area contributed by atoms with Crippen LogP contribution in [0.5, 0.6) is 0 Å². The van der Waals surface area contributed by atoms with Crippen LogP contribution in [0.2, 0.25) is 0 Å². The van der Waals surface area contributed by atoms with Gasteiger partial charge in [-0.25, -0.2) is 9.59 Å². The first kappa shape index (κ1) is 28.9. The Kier molecular flexibility index (Phi) is 21.8. The molecule has 0 heterocycles. The molecule has 5 nitrogen and oxygen atoms in total. The molecule has 0 fully saturated rings. The third-order valence-electron chi connectivity index (χ3n) is 5.59. The molecular formula is C25H48O5. The number of hydrogen-bond donors (Lipinski definition) is 0. The molecule has 0 aliphatic heterocycles. The molecule has 0 spiro atoms. The quantitative estimate of drug-likeness (QED) is 0.143. The second kappa shape index (κ2) is 22.6. The second-order valence-corrected chi connectivity index (χ2v) is 8.32. The van der Waals surface area contributed by atoms with Gasteiger partial charge in [-0.1, -0.05) is 111 Å². The van der Waals surface area contributed by atoms with Crippen LogP contribution in [0.4, 0.5) is 0 Å². The molecule has 0 aliphatic rings. The van der Waals surface area contributed by atoms with Crippen molar-refractivity contribution in [2.45, 2.75) is 117 Å². The third-order valence-corrected chi connectivity index (χ3v) is 5.59. The summed E-state index contributed by atoms with van der Waals surface area (Å²) < 4.78 is 15.4. The van der Waals surface area contributed by atoms with E-state index in [0.717, 1.165) is 25.7 Å². The van der Waals surface area contributed by atoms with Crippen molar-refractivity contribution in [2.24, 2.45) is 5.92 Å². The van der Waals surface area contributed by atoms with Crippen molar-refractivity contribution in [3.8, 4) is 0 Å². The number of carbonyl (C=O) groups excluding carboxylic acids is 2. The van der Waals surface area contributed by atoms with Crippen LogP contribution in [0.25, 0.3) is 0 Å². The number of carbonyl (C=O) groups is 2. The molecule has 0 aromatic rings. The van der Waals surface area contributed by atoms with Crippen molar-refractivity contribution >= 4 is 11.9 Å². The van der Waals surface area contributed by atoms with Crippen molar-refractivity contribution in [3.05, 3.63) is 0 Å². The molecule has 0 N–H and O–H groups in total. The minimum atomic E-state index is -0.425. The number of unbranched alkanes of at least 4 members (excludes halogenated alkanes) is 12. The van der Waals surface area contributed by atoms with Crippen molar-refractivity contribution in [3.63, 3.8) is 0 Å². The summed E-state index contributed by atoms with van der Waals surface area (Å²) in [5, 5.41) is 0. The Morgan fingerprint density at radius 3 is 1.50 bits per heavy atom. The number of esters is 2. The van der Waals surface area contributed by atoms with Crippen LogP contribution in [-0.4, -0.2) is 38.4 Å². The van der Waals surface area contributed by atoms with Crippen LogP contribution in [0, 0.1) is 5.92 Å². The molecule has 0 rings (SSSR count). The van der Waals surface area contributed by atoms with Gasteiger partial charge in [-0.2, -0.15) is 0 Å². The van der Waals surface area contributed by atoms with Gasteiger partial charge in [0.2, 0.25) is 0 Å². The molecule has 0 aromatic heterocycles. The molecule has 0 saturated heterocycles. The fraction of sp³-hybridized carbons (Fsp3) is 0.920. The summed E-state index contributed by atoms with van der Waals surface area (Å²) in [6.07, 6.45) is 18.7. The zero-order valence-corrected chi connectivity index (χ0v) is 20.1. The summed E-state index contributed by atoms with van der Waals surface area (Å²) in [7, 11) is 0. The van der Waals surface area contributed by atoms with Gasteiger partial charge in [0.05, 0.1) is 13.2 Å². The lowest BCUT2D eigenvalue weighted by molar-refractivity contribution is -0.156. The third kappa shape index (κ3) is 20.2. The fourth-order valence-electron chi connectivity index (χ4n) is 3.34. The Bertz CT molecular complexity index is 393. The second-order valence-electron chi connectivity index (χ2n) is 8.32. The first-order chi connectivity index (χ1) is 14.6. The standard InChI is InChI=1S/C25H48O5/c1-4-7-8-9-10-11-12-13-14-15-16-17-18-19-29-24(26)21-28-22-25(27)30-20-23(5-2)6-3/h23H,4-22H2,1-3H3. The lowest BCUT2D eigenvalue weighted by Gasteiger charge is -2.12. The Hall–Kier alpha value is -1.10. The van der Waals surface area contributed by atoms with Gasteiger partial charge in [0.25, 0.3) is 0 Å². The first-order valence-electron chi connectivity index (χ1n) is 12.5. The fourth-order valence-corrected chi connectivity index (χ4v) is 3.34. The van der Waals surface area contributed by atoms with Crippen molar-refractivity contribution in [2.75, 3.05) is 26.4 Å². The van der Waals surface area contributed by atoms with E-state index in [1.54, 1.807) is 0 Å². The Balaban J connectivity index is 3.33. The monoisotopic (exact) mass is 428 g/mol. The van der Waals surface area contributed by atoms with E-state index in [9.17, 15) is 9.59 Å².